The standard InChI is InChI=1S/C26H30O13S2/c1-5-7-23(29)38-19-9-11-21(25(40(31,32)33)17(19)13-15(3)27)37-22-12-10-20(39-24(30)8-6-2)18(14-16(4)28)26(22)41(34,35)36/h5-12,15-16,27-28H,13-14H2,1-4H3,(H,31,32,33)(H,34,35,36). The highest BCUT2D eigenvalue weighted by Gasteiger charge is 2.31. The molecule has 0 aliphatic carbocycles. The quantitative estimate of drug-likeness (QED) is 0.117. The van der Waals surface area contributed by atoms with Gasteiger partial charge in [-0.3, -0.25) is 9.11 Å². The minimum absolute atomic E-state index is 0.343. The fourth-order valence-corrected chi connectivity index (χ4v) is 5.47. The summed E-state index contributed by atoms with van der Waals surface area (Å²) < 4.78 is 86.2. The van der Waals surface area contributed by atoms with E-state index in [9.17, 15) is 45.7 Å². The summed E-state index contributed by atoms with van der Waals surface area (Å²) in [5.74, 6) is -3.81. The molecule has 15 heteroatoms. The summed E-state index contributed by atoms with van der Waals surface area (Å²) in [6.45, 7) is 5.66. The fraction of sp³-hybridized carbons (Fsp3) is 0.308. The van der Waals surface area contributed by atoms with Crippen LogP contribution in [0, 0.1) is 0 Å². The van der Waals surface area contributed by atoms with Gasteiger partial charge in [0.25, 0.3) is 20.2 Å². The molecule has 0 saturated carbocycles. The number of allylic oxidation sites excluding steroid dienone is 2. The van der Waals surface area contributed by atoms with Crippen molar-refractivity contribution >= 4 is 32.2 Å². The molecule has 2 aromatic carbocycles. The van der Waals surface area contributed by atoms with E-state index < -0.39 is 78.5 Å². The number of hydrogen-bond donors (Lipinski definition) is 4. The summed E-state index contributed by atoms with van der Waals surface area (Å²) in [6, 6.07) is 4.10. The molecule has 0 heterocycles. The molecule has 0 radical (unpaired) electrons. The first kappa shape index (κ1) is 33.6. The SMILES string of the molecule is CC=CC(=O)Oc1ccc(Oc2ccc(OC(=O)C=CC)c(CC(C)O)c2S(=O)(=O)O)c(S(=O)(=O)O)c1CC(C)O. The van der Waals surface area contributed by atoms with Crippen molar-refractivity contribution in [2.75, 3.05) is 0 Å². The molecular formula is C26H30O13S2. The van der Waals surface area contributed by atoms with Gasteiger partial charge in [0.15, 0.2) is 0 Å². The molecule has 0 bridgehead atoms. The maximum Gasteiger partial charge on any atom is 0.335 e. The lowest BCUT2D eigenvalue weighted by Gasteiger charge is -2.20. The molecule has 0 aliphatic rings. The van der Waals surface area contributed by atoms with Crippen LogP contribution in [-0.2, 0) is 42.7 Å². The van der Waals surface area contributed by atoms with Crippen LogP contribution in [0.3, 0.4) is 0 Å². The maximum atomic E-state index is 12.5. The number of rotatable bonds is 12. The number of benzene rings is 2. The summed E-state index contributed by atoms with van der Waals surface area (Å²) in [4.78, 5) is 22.2. The van der Waals surface area contributed by atoms with Gasteiger partial charge in [-0.25, -0.2) is 9.59 Å². The Bertz CT molecular complexity index is 1450. The maximum absolute atomic E-state index is 12.5. The third kappa shape index (κ3) is 9.21. The Morgan fingerprint density at radius 3 is 1.29 bits per heavy atom. The molecule has 13 nitrogen and oxygen atoms in total. The lowest BCUT2D eigenvalue weighted by Crippen LogP contribution is -2.16. The molecular weight excluding hydrogens is 584 g/mol. The highest BCUT2D eigenvalue weighted by atomic mass is 32.2. The number of hydrogen-bond acceptors (Lipinski definition) is 11. The van der Waals surface area contributed by atoms with Gasteiger partial charge in [-0.15, -0.1) is 0 Å². The first-order valence-corrected chi connectivity index (χ1v) is 14.9. The third-order valence-corrected chi connectivity index (χ3v) is 7.05. The topological polar surface area (TPSA) is 211 Å². The van der Waals surface area contributed by atoms with Crippen LogP contribution in [0.25, 0.3) is 0 Å². The number of esters is 2. The third-order valence-electron chi connectivity index (χ3n) is 5.12. The fourth-order valence-electron chi connectivity index (χ4n) is 3.75. The van der Waals surface area contributed by atoms with E-state index in [0.717, 1.165) is 36.4 Å². The van der Waals surface area contributed by atoms with Crippen molar-refractivity contribution in [3.63, 3.8) is 0 Å². The Kier molecular flexibility index (Phi) is 11.3. The van der Waals surface area contributed by atoms with E-state index in [0.29, 0.717) is 0 Å². The first-order valence-electron chi connectivity index (χ1n) is 12.0. The van der Waals surface area contributed by atoms with Crippen LogP contribution in [-0.4, -0.2) is 60.3 Å². The molecule has 224 valence electrons. The first-order chi connectivity index (χ1) is 19.0. The molecule has 0 fully saturated rings. The van der Waals surface area contributed by atoms with Crippen LogP contribution in [0.15, 0.2) is 58.4 Å². The molecule has 0 saturated heterocycles. The second-order valence-corrected chi connectivity index (χ2v) is 11.5. The molecule has 41 heavy (non-hydrogen) atoms. The van der Waals surface area contributed by atoms with Gasteiger partial charge in [0, 0.05) is 36.1 Å². The highest BCUT2D eigenvalue weighted by molar-refractivity contribution is 7.86. The largest absolute Gasteiger partial charge is 0.454 e. The highest BCUT2D eigenvalue weighted by Crippen LogP contribution is 2.42. The predicted molar refractivity (Wildman–Crippen MR) is 144 cm³/mol. The molecule has 4 N–H and O–H groups in total. The van der Waals surface area contributed by atoms with Crippen LogP contribution in [0.4, 0.5) is 0 Å². The lowest BCUT2D eigenvalue weighted by molar-refractivity contribution is -0.130. The lowest BCUT2D eigenvalue weighted by atomic mass is 10.1. The van der Waals surface area contributed by atoms with Crippen molar-refractivity contribution in [2.45, 2.75) is 62.5 Å². The summed E-state index contributed by atoms with van der Waals surface area (Å²) >= 11 is 0. The van der Waals surface area contributed by atoms with Crippen molar-refractivity contribution in [1.29, 1.82) is 0 Å². The summed E-state index contributed by atoms with van der Waals surface area (Å²) in [7, 11) is -10.4. The van der Waals surface area contributed by atoms with Crippen LogP contribution in [0.2, 0.25) is 0 Å². The zero-order valence-corrected chi connectivity index (χ0v) is 24.1. The Morgan fingerprint density at radius 2 is 1.02 bits per heavy atom. The van der Waals surface area contributed by atoms with Crippen molar-refractivity contribution in [2.24, 2.45) is 0 Å². The van der Waals surface area contributed by atoms with Crippen LogP contribution >= 0.6 is 0 Å². The Morgan fingerprint density at radius 1 is 0.707 bits per heavy atom. The van der Waals surface area contributed by atoms with E-state index in [4.69, 9.17) is 14.2 Å². The monoisotopic (exact) mass is 614 g/mol. The van der Waals surface area contributed by atoms with Crippen molar-refractivity contribution in [3.05, 3.63) is 59.7 Å². The summed E-state index contributed by atoms with van der Waals surface area (Å²) in [5.41, 5.74) is -0.736. The molecule has 0 aromatic heterocycles. The van der Waals surface area contributed by atoms with Crippen molar-refractivity contribution in [3.8, 4) is 23.0 Å². The van der Waals surface area contributed by atoms with E-state index in [2.05, 4.69) is 0 Å². The predicted octanol–water partition coefficient (Wildman–Crippen LogP) is 2.78. The van der Waals surface area contributed by atoms with Crippen molar-refractivity contribution < 1.29 is 60.0 Å². The van der Waals surface area contributed by atoms with Gasteiger partial charge in [0.1, 0.15) is 32.8 Å². The van der Waals surface area contributed by atoms with Gasteiger partial charge in [-0.05, 0) is 52.0 Å². The minimum atomic E-state index is -5.18. The smallest absolute Gasteiger partial charge is 0.335 e. The molecule has 2 rings (SSSR count). The Hall–Kier alpha value is -3.60. The van der Waals surface area contributed by atoms with Gasteiger partial charge in [-0.2, -0.15) is 16.8 Å². The second-order valence-electron chi connectivity index (χ2n) is 8.74. The van der Waals surface area contributed by atoms with Crippen LogP contribution in [0.5, 0.6) is 23.0 Å². The second kappa shape index (κ2) is 13.8. The molecule has 2 unspecified atom stereocenters. The van der Waals surface area contributed by atoms with E-state index in [-0.39, 0.29) is 22.6 Å². The van der Waals surface area contributed by atoms with Crippen LogP contribution in [0.1, 0.15) is 38.8 Å². The van der Waals surface area contributed by atoms with E-state index >= 15 is 0 Å². The molecule has 2 atom stereocenters. The number of ether oxygens (including phenoxy) is 3. The normalized spacial score (nSPS) is 13.8. The van der Waals surface area contributed by atoms with E-state index in [1.807, 2.05) is 0 Å². The molecule has 2 aromatic rings. The average Bonchev–Trinajstić information content (AvgIpc) is 2.80. The Balaban J connectivity index is 2.89. The Labute approximate surface area is 237 Å². The van der Waals surface area contributed by atoms with Crippen molar-refractivity contribution in [1.82, 2.24) is 0 Å². The summed E-state index contributed by atoms with van der Waals surface area (Å²) in [5, 5.41) is 20.0. The number of aliphatic hydroxyl groups excluding tert-OH is 2. The molecule has 0 amide bonds. The molecule has 0 aliphatic heterocycles. The van der Waals surface area contributed by atoms with Gasteiger partial charge < -0.3 is 24.4 Å². The average molecular weight is 615 g/mol. The number of carbonyl (C=O) groups is 2. The zero-order valence-electron chi connectivity index (χ0n) is 22.5. The zero-order chi connectivity index (χ0) is 31.1. The number of aliphatic hydroxyl groups is 2. The van der Waals surface area contributed by atoms with E-state index in [1.54, 1.807) is 0 Å². The molecule has 0 spiro atoms. The van der Waals surface area contributed by atoms with Gasteiger partial charge in [0.05, 0.1) is 12.2 Å². The van der Waals surface area contributed by atoms with E-state index in [1.165, 1.54) is 39.8 Å². The van der Waals surface area contributed by atoms with Crippen LogP contribution < -0.4 is 14.2 Å². The minimum Gasteiger partial charge on any atom is -0.454 e. The number of carbonyl (C=O) groups excluding carboxylic acids is 2. The van der Waals surface area contributed by atoms with Gasteiger partial charge >= 0.3 is 11.9 Å². The van der Waals surface area contributed by atoms with Gasteiger partial charge in [0.2, 0.25) is 0 Å². The summed E-state index contributed by atoms with van der Waals surface area (Å²) in [6.07, 6.45) is 1.47. The van der Waals surface area contributed by atoms with Gasteiger partial charge in [-0.1, -0.05) is 12.2 Å².